The van der Waals surface area contributed by atoms with Crippen LogP contribution in [0.2, 0.25) is 0 Å². The van der Waals surface area contributed by atoms with Crippen LogP contribution in [-0.4, -0.2) is 25.4 Å². The normalized spacial score (nSPS) is 11.2. The van der Waals surface area contributed by atoms with E-state index in [9.17, 15) is 4.79 Å². The fourth-order valence-electron chi connectivity index (χ4n) is 1.86. The van der Waals surface area contributed by atoms with Crippen LogP contribution < -0.4 is 10.1 Å². The first-order chi connectivity index (χ1) is 9.39. The molecule has 0 saturated heterocycles. The van der Waals surface area contributed by atoms with Gasteiger partial charge in [-0.15, -0.1) is 11.6 Å². The smallest absolute Gasteiger partial charge is 0.251 e. The van der Waals surface area contributed by atoms with Crippen LogP contribution in [0.25, 0.3) is 0 Å². The van der Waals surface area contributed by atoms with Crippen molar-refractivity contribution in [3.05, 3.63) is 28.2 Å². The van der Waals surface area contributed by atoms with E-state index in [2.05, 4.69) is 35.1 Å². The summed E-state index contributed by atoms with van der Waals surface area (Å²) in [6.45, 7) is 4.89. The summed E-state index contributed by atoms with van der Waals surface area (Å²) in [5.41, 5.74) is 0.666. The zero-order chi connectivity index (χ0) is 15.2. The van der Waals surface area contributed by atoms with Gasteiger partial charge in [-0.1, -0.05) is 13.8 Å². The number of nitrogens with one attached hydrogen (secondary N) is 1. The van der Waals surface area contributed by atoms with Gasteiger partial charge in [-0.25, -0.2) is 0 Å². The summed E-state index contributed by atoms with van der Waals surface area (Å²) < 4.78 is 5.92. The summed E-state index contributed by atoms with van der Waals surface area (Å²) in [5.74, 6) is 1.29. The molecule has 0 saturated carbocycles. The standard InChI is InChI=1S/C15H21BrClNO2/c1-15(2,7-4-8-17)10-18-14(19)11-5-6-13(20-3)12(16)9-11/h5-6,9H,4,7-8,10H2,1-3H3,(H,18,19). The minimum Gasteiger partial charge on any atom is -0.496 e. The van der Waals surface area contributed by atoms with Gasteiger partial charge in [0.1, 0.15) is 5.75 Å². The van der Waals surface area contributed by atoms with Gasteiger partial charge < -0.3 is 10.1 Å². The molecule has 0 aliphatic heterocycles. The highest BCUT2D eigenvalue weighted by Gasteiger charge is 2.19. The van der Waals surface area contributed by atoms with Gasteiger partial charge >= 0.3 is 0 Å². The second kappa shape index (κ2) is 7.89. The number of alkyl halides is 1. The number of methoxy groups -OCH3 is 1. The van der Waals surface area contributed by atoms with Crippen molar-refractivity contribution in [3.63, 3.8) is 0 Å². The molecule has 0 aromatic heterocycles. The zero-order valence-electron chi connectivity index (χ0n) is 12.1. The van der Waals surface area contributed by atoms with E-state index in [1.165, 1.54) is 0 Å². The number of hydrogen-bond donors (Lipinski definition) is 1. The Labute approximate surface area is 134 Å². The first-order valence-electron chi connectivity index (χ1n) is 6.57. The van der Waals surface area contributed by atoms with Crippen LogP contribution >= 0.6 is 27.5 Å². The third-order valence-corrected chi connectivity index (χ3v) is 4.02. The highest BCUT2D eigenvalue weighted by Crippen LogP contribution is 2.26. The highest BCUT2D eigenvalue weighted by atomic mass is 79.9. The monoisotopic (exact) mass is 361 g/mol. The van der Waals surface area contributed by atoms with Crippen LogP contribution in [0.1, 0.15) is 37.0 Å². The molecule has 3 nitrogen and oxygen atoms in total. The number of carbonyl (C=O) groups is 1. The molecule has 5 heteroatoms. The summed E-state index contributed by atoms with van der Waals surface area (Å²) in [7, 11) is 1.60. The lowest BCUT2D eigenvalue weighted by Gasteiger charge is -2.24. The van der Waals surface area contributed by atoms with Gasteiger partial charge in [0.2, 0.25) is 0 Å². The Morgan fingerprint density at radius 2 is 2.15 bits per heavy atom. The predicted octanol–water partition coefficient (Wildman–Crippen LogP) is 4.23. The number of benzene rings is 1. The van der Waals surface area contributed by atoms with Gasteiger partial charge in [-0.2, -0.15) is 0 Å². The fourth-order valence-corrected chi connectivity index (χ4v) is 2.54. The van der Waals surface area contributed by atoms with Crippen molar-refractivity contribution >= 4 is 33.4 Å². The number of hydrogen-bond acceptors (Lipinski definition) is 2. The van der Waals surface area contributed by atoms with Crippen molar-refractivity contribution in [1.29, 1.82) is 0 Å². The largest absolute Gasteiger partial charge is 0.496 e. The second-order valence-corrected chi connectivity index (χ2v) is 6.72. The first kappa shape index (κ1) is 17.3. The molecular weight excluding hydrogens is 342 g/mol. The number of halogens is 2. The molecule has 1 amide bonds. The Morgan fingerprint density at radius 3 is 2.70 bits per heavy atom. The van der Waals surface area contributed by atoms with Gasteiger partial charge in [0.25, 0.3) is 5.91 Å². The van der Waals surface area contributed by atoms with Crippen LogP contribution in [-0.2, 0) is 0 Å². The average Bonchev–Trinajstić information content (AvgIpc) is 2.42. The molecule has 0 radical (unpaired) electrons. The van der Waals surface area contributed by atoms with E-state index in [0.29, 0.717) is 23.7 Å². The first-order valence-corrected chi connectivity index (χ1v) is 7.90. The lowest BCUT2D eigenvalue weighted by Crippen LogP contribution is -2.34. The van der Waals surface area contributed by atoms with Crippen molar-refractivity contribution in [1.82, 2.24) is 5.32 Å². The Bertz CT molecular complexity index is 463. The number of amides is 1. The van der Waals surface area contributed by atoms with E-state index in [1.807, 2.05) is 0 Å². The van der Waals surface area contributed by atoms with Gasteiger partial charge in [-0.05, 0) is 52.4 Å². The molecule has 1 rings (SSSR count). The topological polar surface area (TPSA) is 38.3 Å². The third-order valence-electron chi connectivity index (χ3n) is 3.13. The zero-order valence-corrected chi connectivity index (χ0v) is 14.5. The molecule has 1 aromatic carbocycles. The molecule has 112 valence electrons. The van der Waals surface area contributed by atoms with Crippen molar-refractivity contribution < 1.29 is 9.53 Å². The van der Waals surface area contributed by atoms with E-state index < -0.39 is 0 Å². The van der Waals surface area contributed by atoms with Crippen LogP contribution in [0.15, 0.2) is 22.7 Å². The van der Waals surface area contributed by atoms with Crippen molar-refractivity contribution in [2.24, 2.45) is 5.41 Å². The lowest BCUT2D eigenvalue weighted by molar-refractivity contribution is 0.0934. The minimum atomic E-state index is -0.0766. The van der Waals surface area contributed by atoms with E-state index in [-0.39, 0.29) is 11.3 Å². The predicted molar refractivity (Wildman–Crippen MR) is 86.8 cm³/mol. The third kappa shape index (κ3) is 5.33. The van der Waals surface area contributed by atoms with Crippen molar-refractivity contribution in [3.8, 4) is 5.75 Å². The van der Waals surface area contributed by atoms with E-state index in [4.69, 9.17) is 16.3 Å². The van der Waals surface area contributed by atoms with Crippen LogP contribution in [0.4, 0.5) is 0 Å². The van der Waals surface area contributed by atoms with Gasteiger partial charge in [-0.3, -0.25) is 4.79 Å². The summed E-state index contributed by atoms with van der Waals surface area (Å²) in [4.78, 5) is 12.1. The van der Waals surface area contributed by atoms with E-state index >= 15 is 0 Å². The molecule has 20 heavy (non-hydrogen) atoms. The van der Waals surface area contributed by atoms with E-state index in [1.54, 1.807) is 25.3 Å². The van der Waals surface area contributed by atoms with Gasteiger partial charge in [0.15, 0.2) is 0 Å². The molecule has 0 atom stereocenters. The van der Waals surface area contributed by atoms with Crippen molar-refractivity contribution in [2.45, 2.75) is 26.7 Å². The molecule has 1 N–H and O–H groups in total. The summed E-state index contributed by atoms with van der Waals surface area (Å²) in [6.07, 6.45) is 1.95. The van der Waals surface area contributed by atoms with E-state index in [0.717, 1.165) is 17.3 Å². The van der Waals surface area contributed by atoms with Gasteiger partial charge in [0.05, 0.1) is 11.6 Å². The SMILES string of the molecule is COc1ccc(C(=O)NCC(C)(C)CCCCl)cc1Br. The van der Waals surface area contributed by atoms with Crippen LogP contribution in [0.3, 0.4) is 0 Å². The molecule has 0 heterocycles. The molecule has 0 spiro atoms. The number of ether oxygens (including phenoxy) is 1. The molecule has 0 unspecified atom stereocenters. The molecule has 1 aromatic rings. The minimum absolute atomic E-state index is 0.0499. The maximum absolute atomic E-state index is 12.1. The molecule has 0 fully saturated rings. The highest BCUT2D eigenvalue weighted by molar-refractivity contribution is 9.10. The molecule has 0 aliphatic carbocycles. The maximum atomic E-state index is 12.1. The molecule has 0 aliphatic rings. The summed E-state index contributed by atoms with van der Waals surface area (Å²) in [5, 5.41) is 2.97. The molecular formula is C15H21BrClNO2. The summed E-state index contributed by atoms with van der Waals surface area (Å²) in [6, 6.07) is 5.29. The Kier molecular flexibility index (Phi) is 6.83. The maximum Gasteiger partial charge on any atom is 0.251 e. The Balaban J connectivity index is 2.61. The van der Waals surface area contributed by atoms with Crippen LogP contribution in [0, 0.1) is 5.41 Å². The van der Waals surface area contributed by atoms with Crippen molar-refractivity contribution in [2.75, 3.05) is 19.5 Å². The lowest BCUT2D eigenvalue weighted by atomic mass is 9.88. The van der Waals surface area contributed by atoms with Gasteiger partial charge in [0, 0.05) is 18.0 Å². The summed E-state index contributed by atoms with van der Waals surface area (Å²) >= 11 is 9.09. The quantitative estimate of drug-likeness (QED) is 0.737. The van der Waals surface area contributed by atoms with Crippen LogP contribution in [0.5, 0.6) is 5.75 Å². The number of carbonyl (C=O) groups excluding carboxylic acids is 1. The Morgan fingerprint density at radius 1 is 1.45 bits per heavy atom. The average molecular weight is 363 g/mol. The fraction of sp³-hybridized carbons (Fsp3) is 0.533. The Hall–Kier alpha value is -0.740. The number of rotatable bonds is 7. The second-order valence-electron chi connectivity index (χ2n) is 5.49. The molecule has 0 bridgehead atoms.